The number of H-pyrrole nitrogens is 1. The predicted molar refractivity (Wildman–Crippen MR) is 104 cm³/mol. The number of hydrazone groups is 1. The van der Waals surface area contributed by atoms with Gasteiger partial charge in [0.2, 0.25) is 0 Å². The zero-order valence-electron chi connectivity index (χ0n) is 14.2. The van der Waals surface area contributed by atoms with E-state index >= 15 is 0 Å². The summed E-state index contributed by atoms with van der Waals surface area (Å²) in [6, 6.07) is 18.7. The molecule has 0 aliphatic carbocycles. The van der Waals surface area contributed by atoms with Gasteiger partial charge in [-0.25, -0.2) is 5.43 Å². The number of phenols is 1. The van der Waals surface area contributed by atoms with Gasteiger partial charge in [-0.3, -0.25) is 4.79 Å². The zero-order valence-corrected chi connectivity index (χ0v) is 14.2. The van der Waals surface area contributed by atoms with Gasteiger partial charge in [-0.1, -0.05) is 42.5 Å². The molecule has 4 aromatic rings. The first kappa shape index (κ1) is 15.9. The van der Waals surface area contributed by atoms with Crippen LogP contribution in [0.3, 0.4) is 0 Å². The molecule has 1 heterocycles. The van der Waals surface area contributed by atoms with E-state index in [0.717, 1.165) is 32.9 Å². The van der Waals surface area contributed by atoms with Crippen molar-refractivity contribution in [1.29, 1.82) is 0 Å². The van der Waals surface area contributed by atoms with Crippen molar-refractivity contribution in [3.8, 4) is 5.75 Å². The predicted octanol–water partition coefficient (Wildman–Crippen LogP) is 4.10. The largest absolute Gasteiger partial charge is 0.507 e. The number of aromatic amines is 1. The number of fused-ring (bicyclic) bond motifs is 2. The lowest BCUT2D eigenvalue weighted by Crippen LogP contribution is -2.17. The number of aromatic nitrogens is 1. The van der Waals surface area contributed by atoms with Gasteiger partial charge >= 0.3 is 0 Å². The zero-order chi connectivity index (χ0) is 18.1. The molecule has 3 aromatic carbocycles. The Labute approximate surface area is 150 Å². The average Bonchev–Trinajstić information content (AvgIpc) is 2.96. The van der Waals surface area contributed by atoms with Crippen LogP contribution in [0.25, 0.3) is 21.7 Å². The molecule has 0 aliphatic heterocycles. The lowest BCUT2D eigenvalue weighted by Gasteiger charge is -2.05. The van der Waals surface area contributed by atoms with Gasteiger partial charge in [0.05, 0.1) is 11.8 Å². The number of nitrogens with one attached hydrogen (secondary N) is 2. The maximum Gasteiger partial charge on any atom is 0.275 e. The summed E-state index contributed by atoms with van der Waals surface area (Å²) in [7, 11) is 0. The molecule has 26 heavy (non-hydrogen) atoms. The van der Waals surface area contributed by atoms with Crippen molar-refractivity contribution in [3.63, 3.8) is 0 Å². The van der Waals surface area contributed by atoms with Crippen molar-refractivity contribution in [2.75, 3.05) is 0 Å². The van der Waals surface area contributed by atoms with Crippen molar-refractivity contribution in [2.45, 2.75) is 6.92 Å². The molecule has 0 saturated heterocycles. The van der Waals surface area contributed by atoms with Crippen LogP contribution in [0.4, 0.5) is 0 Å². The second-order valence-corrected chi connectivity index (χ2v) is 6.12. The summed E-state index contributed by atoms with van der Waals surface area (Å²) in [6.07, 6.45) is 1.62. The molecule has 0 aliphatic rings. The number of amides is 1. The van der Waals surface area contributed by atoms with Crippen LogP contribution in [0, 0.1) is 6.92 Å². The summed E-state index contributed by atoms with van der Waals surface area (Å²) < 4.78 is 0. The molecule has 0 atom stereocenters. The van der Waals surface area contributed by atoms with Gasteiger partial charge < -0.3 is 10.1 Å². The molecule has 0 spiro atoms. The number of para-hydroxylation sites is 1. The number of aromatic hydroxyl groups is 1. The lowest BCUT2D eigenvalue weighted by molar-refractivity contribution is 0.0952. The first-order chi connectivity index (χ1) is 12.6. The Hall–Kier alpha value is -3.60. The first-order valence-corrected chi connectivity index (χ1v) is 8.26. The smallest absolute Gasteiger partial charge is 0.275 e. The molecule has 4 rings (SSSR count). The maximum absolute atomic E-state index is 12.4. The van der Waals surface area contributed by atoms with Crippen molar-refractivity contribution < 1.29 is 9.90 Å². The second kappa shape index (κ2) is 6.37. The Morgan fingerprint density at radius 2 is 1.77 bits per heavy atom. The summed E-state index contributed by atoms with van der Waals surface area (Å²) in [5.41, 5.74) is 5.59. The molecular weight excluding hydrogens is 326 g/mol. The Morgan fingerprint density at radius 1 is 1.08 bits per heavy atom. The van der Waals surface area contributed by atoms with Gasteiger partial charge in [0, 0.05) is 22.2 Å². The van der Waals surface area contributed by atoms with Gasteiger partial charge in [-0.05, 0) is 35.9 Å². The maximum atomic E-state index is 12.4. The molecule has 1 amide bonds. The van der Waals surface area contributed by atoms with Gasteiger partial charge in [0.15, 0.2) is 0 Å². The Morgan fingerprint density at radius 3 is 2.58 bits per heavy atom. The van der Waals surface area contributed by atoms with Crippen LogP contribution in [-0.2, 0) is 0 Å². The highest BCUT2D eigenvalue weighted by Gasteiger charge is 2.12. The van der Waals surface area contributed by atoms with Crippen LogP contribution in [0.15, 0.2) is 65.8 Å². The van der Waals surface area contributed by atoms with Crippen LogP contribution in [0.1, 0.15) is 21.6 Å². The molecule has 3 N–H and O–H groups in total. The molecule has 5 heteroatoms. The Bertz CT molecular complexity index is 1160. The minimum atomic E-state index is -0.456. The van der Waals surface area contributed by atoms with Crippen molar-refractivity contribution in [2.24, 2.45) is 5.10 Å². The topological polar surface area (TPSA) is 77.5 Å². The molecule has 128 valence electrons. The molecule has 0 unspecified atom stereocenters. The quantitative estimate of drug-likeness (QED) is 0.387. The standard InChI is InChI=1S/C21H17N3O2/c1-13-18(16-8-4-5-9-19(16)23-13)12-22-24-21(26)17-10-14-6-2-3-7-15(14)11-20(17)25/h2-12,23,25H,1H3,(H,24,26)/b22-12-. The van der Waals surface area contributed by atoms with Crippen LogP contribution in [0.2, 0.25) is 0 Å². The number of carbonyl (C=O) groups is 1. The third-order valence-electron chi connectivity index (χ3n) is 4.41. The normalized spacial score (nSPS) is 11.4. The second-order valence-electron chi connectivity index (χ2n) is 6.12. The van der Waals surface area contributed by atoms with Gasteiger partial charge in [-0.2, -0.15) is 5.10 Å². The van der Waals surface area contributed by atoms with Crippen molar-refractivity contribution in [3.05, 3.63) is 77.5 Å². The fourth-order valence-electron chi connectivity index (χ4n) is 3.09. The van der Waals surface area contributed by atoms with E-state index in [4.69, 9.17) is 0 Å². The van der Waals surface area contributed by atoms with Crippen LogP contribution < -0.4 is 5.43 Å². The highest BCUT2D eigenvalue weighted by atomic mass is 16.3. The summed E-state index contributed by atoms with van der Waals surface area (Å²) in [6.45, 7) is 1.96. The SMILES string of the molecule is Cc1[nH]c2ccccc2c1/C=N\NC(=O)c1cc2ccccc2cc1O. The fourth-order valence-corrected chi connectivity index (χ4v) is 3.09. The molecular formula is C21H17N3O2. The van der Waals surface area contributed by atoms with E-state index in [1.165, 1.54) is 0 Å². The van der Waals surface area contributed by atoms with E-state index in [-0.39, 0.29) is 11.3 Å². The number of phenolic OH excluding ortho intramolecular Hbond substituents is 1. The van der Waals surface area contributed by atoms with Crippen molar-refractivity contribution >= 4 is 33.8 Å². The summed E-state index contributed by atoms with van der Waals surface area (Å²) in [5, 5.41) is 17.0. The molecule has 0 radical (unpaired) electrons. The number of benzene rings is 3. The average molecular weight is 343 g/mol. The van der Waals surface area contributed by atoms with E-state index in [1.807, 2.05) is 55.5 Å². The molecule has 0 saturated carbocycles. The van der Waals surface area contributed by atoms with Crippen LogP contribution in [-0.4, -0.2) is 22.2 Å². The van der Waals surface area contributed by atoms with Crippen LogP contribution in [0.5, 0.6) is 5.75 Å². The first-order valence-electron chi connectivity index (χ1n) is 8.26. The number of carbonyl (C=O) groups excluding carboxylic acids is 1. The minimum Gasteiger partial charge on any atom is -0.507 e. The summed E-state index contributed by atoms with van der Waals surface area (Å²) in [5.74, 6) is -0.526. The third-order valence-corrected chi connectivity index (χ3v) is 4.41. The van der Waals surface area contributed by atoms with E-state index < -0.39 is 5.91 Å². The van der Waals surface area contributed by atoms with E-state index in [1.54, 1.807) is 18.3 Å². The molecule has 5 nitrogen and oxygen atoms in total. The monoisotopic (exact) mass is 343 g/mol. The van der Waals surface area contributed by atoms with E-state index in [2.05, 4.69) is 15.5 Å². The van der Waals surface area contributed by atoms with Gasteiger partial charge in [0.25, 0.3) is 5.91 Å². The van der Waals surface area contributed by atoms with Crippen LogP contribution >= 0.6 is 0 Å². The number of rotatable bonds is 3. The fraction of sp³-hybridized carbons (Fsp3) is 0.0476. The molecule has 0 fully saturated rings. The summed E-state index contributed by atoms with van der Waals surface area (Å²) in [4.78, 5) is 15.7. The van der Waals surface area contributed by atoms with Crippen molar-refractivity contribution in [1.82, 2.24) is 10.4 Å². The highest BCUT2D eigenvalue weighted by Crippen LogP contribution is 2.25. The summed E-state index contributed by atoms with van der Waals surface area (Å²) >= 11 is 0. The Balaban J connectivity index is 1.59. The van der Waals surface area contributed by atoms with Gasteiger partial charge in [-0.15, -0.1) is 0 Å². The lowest BCUT2D eigenvalue weighted by atomic mass is 10.1. The Kier molecular flexibility index (Phi) is 3.89. The van der Waals surface area contributed by atoms with Gasteiger partial charge in [0.1, 0.15) is 5.75 Å². The number of nitrogens with zero attached hydrogens (tertiary/aromatic N) is 1. The minimum absolute atomic E-state index is 0.0697. The molecule has 1 aromatic heterocycles. The third kappa shape index (κ3) is 2.80. The molecule has 0 bridgehead atoms. The highest BCUT2D eigenvalue weighted by molar-refractivity contribution is 6.03. The van der Waals surface area contributed by atoms with E-state index in [9.17, 15) is 9.90 Å². The number of hydrogen-bond donors (Lipinski definition) is 3. The van der Waals surface area contributed by atoms with E-state index in [0.29, 0.717) is 0 Å². The number of aryl methyl sites for hydroxylation is 1. The number of hydrogen-bond acceptors (Lipinski definition) is 3.